The number of hydrogen-bond donors (Lipinski definition) is 2. The molecule has 110 valence electrons. The highest BCUT2D eigenvalue weighted by atomic mass is 32.1. The highest BCUT2D eigenvalue weighted by molar-refractivity contribution is 7.22. The number of carbonyl (C=O) groups is 1. The van der Waals surface area contributed by atoms with E-state index in [0.29, 0.717) is 11.7 Å². The van der Waals surface area contributed by atoms with E-state index in [2.05, 4.69) is 32.5 Å². The first-order valence-electron chi connectivity index (χ1n) is 6.63. The summed E-state index contributed by atoms with van der Waals surface area (Å²) in [7, 11) is 4.02. The summed E-state index contributed by atoms with van der Waals surface area (Å²) < 4.78 is 0.981. The van der Waals surface area contributed by atoms with Gasteiger partial charge in [0.05, 0.1) is 15.8 Å². The summed E-state index contributed by atoms with van der Waals surface area (Å²) in [5.74, 6) is 2.67. The largest absolute Gasteiger partial charge is 0.338 e. The molecular weight excluding hydrogens is 284 g/mol. The van der Waals surface area contributed by atoms with Gasteiger partial charge < -0.3 is 10.2 Å². The van der Waals surface area contributed by atoms with Crippen LogP contribution in [0.2, 0.25) is 0 Å². The van der Waals surface area contributed by atoms with E-state index in [1.165, 1.54) is 11.3 Å². The summed E-state index contributed by atoms with van der Waals surface area (Å²) in [6.45, 7) is 3.24. The average Bonchev–Trinajstić information content (AvgIpc) is 2.79. The zero-order valence-corrected chi connectivity index (χ0v) is 13.2. The number of aromatic nitrogens is 1. The number of fused-ring (bicyclic) bond motifs is 1. The molecule has 0 bridgehead atoms. The molecule has 1 aromatic carbocycles. The SMILES string of the molecule is C#Cc1cc(CN(C)C)cc2sc(NC(=O)NCC)nc12. The molecule has 0 aliphatic rings. The van der Waals surface area contributed by atoms with Crippen molar-refractivity contribution >= 4 is 32.7 Å². The monoisotopic (exact) mass is 302 g/mol. The van der Waals surface area contributed by atoms with Crippen molar-refractivity contribution in [2.45, 2.75) is 13.5 Å². The summed E-state index contributed by atoms with van der Waals surface area (Å²) in [6.07, 6.45) is 5.58. The third kappa shape index (κ3) is 3.72. The van der Waals surface area contributed by atoms with Crippen LogP contribution in [0.1, 0.15) is 18.1 Å². The van der Waals surface area contributed by atoms with E-state index in [4.69, 9.17) is 6.42 Å². The fraction of sp³-hybridized carbons (Fsp3) is 0.333. The van der Waals surface area contributed by atoms with Gasteiger partial charge in [0.15, 0.2) is 5.13 Å². The van der Waals surface area contributed by atoms with Gasteiger partial charge in [0.2, 0.25) is 0 Å². The zero-order chi connectivity index (χ0) is 15.4. The second-order valence-electron chi connectivity index (χ2n) is 4.88. The van der Waals surface area contributed by atoms with Crippen LogP contribution in [0.25, 0.3) is 10.2 Å². The predicted octanol–water partition coefficient (Wildman–Crippen LogP) is 2.48. The lowest BCUT2D eigenvalue weighted by Gasteiger charge is -2.09. The molecule has 0 aliphatic heterocycles. The molecule has 0 aliphatic carbocycles. The van der Waals surface area contributed by atoms with Crippen LogP contribution < -0.4 is 10.6 Å². The highest BCUT2D eigenvalue weighted by Gasteiger charge is 2.11. The van der Waals surface area contributed by atoms with Crippen molar-refractivity contribution in [2.24, 2.45) is 0 Å². The lowest BCUT2D eigenvalue weighted by atomic mass is 10.1. The fourth-order valence-electron chi connectivity index (χ4n) is 2.01. The second kappa shape index (κ2) is 6.57. The van der Waals surface area contributed by atoms with Crippen molar-refractivity contribution < 1.29 is 4.79 Å². The topological polar surface area (TPSA) is 57.3 Å². The van der Waals surface area contributed by atoms with Gasteiger partial charge in [-0.15, -0.1) is 6.42 Å². The Balaban J connectivity index is 2.37. The van der Waals surface area contributed by atoms with E-state index in [1.807, 2.05) is 27.1 Å². The zero-order valence-electron chi connectivity index (χ0n) is 12.4. The van der Waals surface area contributed by atoms with Gasteiger partial charge in [-0.3, -0.25) is 5.32 Å². The van der Waals surface area contributed by atoms with Gasteiger partial charge in [0.25, 0.3) is 0 Å². The van der Waals surface area contributed by atoms with E-state index in [-0.39, 0.29) is 6.03 Å². The van der Waals surface area contributed by atoms with E-state index in [0.717, 1.165) is 27.9 Å². The number of nitrogens with one attached hydrogen (secondary N) is 2. The number of urea groups is 1. The predicted molar refractivity (Wildman–Crippen MR) is 87.6 cm³/mol. The maximum atomic E-state index is 11.6. The number of thiazole rings is 1. The molecule has 6 heteroatoms. The molecule has 2 N–H and O–H groups in total. The van der Waals surface area contributed by atoms with Crippen LogP contribution in [0.3, 0.4) is 0 Å². The molecule has 2 rings (SSSR count). The van der Waals surface area contributed by atoms with Crippen LogP contribution in [-0.4, -0.2) is 36.6 Å². The van der Waals surface area contributed by atoms with E-state index in [1.54, 1.807) is 0 Å². The molecule has 0 spiro atoms. The molecule has 5 nitrogen and oxygen atoms in total. The van der Waals surface area contributed by atoms with Crippen LogP contribution >= 0.6 is 11.3 Å². The molecule has 0 fully saturated rings. The molecule has 0 unspecified atom stereocenters. The number of hydrogen-bond acceptors (Lipinski definition) is 4. The number of anilines is 1. The van der Waals surface area contributed by atoms with Crippen LogP contribution in [0.5, 0.6) is 0 Å². The van der Waals surface area contributed by atoms with Gasteiger partial charge >= 0.3 is 6.03 Å². The summed E-state index contributed by atoms with van der Waals surface area (Å²) in [6, 6.07) is 3.78. The maximum Gasteiger partial charge on any atom is 0.321 e. The summed E-state index contributed by atoms with van der Waals surface area (Å²) in [4.78, 5) is 18.0. The molecule has 0 saturated carbocycles. The smallest absolute Gasteiger partial charge is 0.321 e. The Morgan fingerprint density at radius 1 is 1.48 bits per heavy atom. The first-order valence-corrected chi connectivity index (χ1v) is 7.44. The number of carbonyl (C=O) groups excluding carboxylic acids is 1. The Bertz CT molecular complexity index is 699. The lowest BCUT2D eigenvalue weighted by molar-refractivity contribution is 0.252. The average molecular weight is 302 g/mol. The second-order valence-corrected chi connectivity index (χ2v) is 5.91. The van der Waals surface area contributed by atoms with Crippen LogP contribution in [0.15, 0.2) is 12.1 Å². The van der Waals surface area contributed by atoms with Gasteiger partial charge in [0, 0.05) is 13.1 Å². The number of rotatable bonds is 4. The molecular formula is C15H18N4OS. The van der Waals surface area contributed by atoms with Gasteiger partial charge in [0.1, 0.15) is 0 Å². The Morgan fingerprint density at radius 2 is 2.24 bits per heavy atom. The van der Waals surface area contributed by atoms with Crippen molar-refractivity contribution in [3.05, 3.63) is 23.3 Å². The van der Waals surface area contributed by atoms with Crippen LogP contribution in [0, 0.1) is 12.3 Å². The quantitative estimate of drug-likeness (QED) is 0.853. The van der Waals surface area contributed by atoms with Gasteiger partial charge in [-0.2, -0.15) is 0 Å². The third-order valence-corrected chi connectivity index (χ3v) is 3.68. The molecule has 1 heterocycles. The Kier molecular flexibility index (Phi) is 4.78. The Morgan fingerprint density at radius 3 is 2.86 bits per heavy atom. The first-order chi connectivity index (χ1) is 10.0. The normalized spacial score (nSPS) is 10.6. The van der Waals surface area contributed by atoms with Crippen LogP contribution in [-0.2, 0) is 6.54 Å². The van der Waals surface area contributed by atoms with Gasteiger partial charge in [-0.1, -0.05) is 17.3 Å². The van der Waals surface area contributed by atoms with E-state index in [9.17, 15) is 4.79 Å². The lowest BCUT2D eigenvalue weighted by Crippen LogP contribution is -2.28. The molecule has 0 saturated heterocycles. The van der Waals surface area contributed by atoms with E-state index >= 15 is 0 Å². The van der Waals surface area contributed by atoms with Crippen molar-refractivity contribution in [1.82, 2.24) is 15.2 Å². The molecule has 1 aromatic heterocycles. The molecule has 2 amide bonds. The minimum Gasteiger partial charge on any atom is -0.338 e. The highest BCUT2D eigenvalue weighted by Crippen LogP contribution is 2.29. The fourth-order valence-corrected chi connectivity index (χ4v) is 2.96. The Hall–Kier alpha value is -2.10. The minimum absolute atomic E-state index is 0.257. The van der Waals surface area contributed by atoms with Crippen LogP contribution in [0.4, 0.5) is 9.93 Å². The maximum absolute atomic E-state index is 11.6. The first kappa shape index (κ1) is 15.3. The van der Waals surface area contributed by atoms with Gasteiger partial charge in [-0.25, -0.2) is 9.78 Å². The number of benzene rings is 1. The minimum atomic E-state index is -0.257. The summed E-state index contributed by atoms with van der Waals surface area (Å²) in [5, 5.41) is 5.95. The van der Waals surface area contributed by atoms with E-state index < -0.39 is 0 Å². The molecule has 21 heavy (non-hydrogen) atoms. The van der Waals surface area contributed by atoms with Crippen molar-refractivity contribution in [2.75, 3.05) is 26.0 Å². The molecule has 0 atom stereocenters. The summed E-state index contributed by atoms with van der Waals surface area (Å²) in [5.41, 5.74) is 2.65. The number of amides is 2. The van der Waals surface area contributed by atoms with Crippen molar-refractivity contribution in [3.8, 4) is 12.3 Å². The van der Waals surface area contributed by atoms with Crippen molar-refractivity contribution in [1.29, 1.82) is 0 Å². The number of nitrogens with zero attached hydrogens (tertiary/aromatic N) is 2. The van der Waals surface area contributed by atoms with Crippen molar-refractivity contribution in [3.63, 3.8) is 0 Å². The van der Waals surface area contributed by atoms with Gasteiger partial charge in [-0.05, 0) is 38.7 Å². The molecule has 2 aromatic rings. The third-order valence-electron chi connectivity index (χ3n) is 2.77. The molecule has 0 radical (unpaired) electrons. The summed E-state index contributed by atoms with van der Waals surface area (Å²) >= 11 is 1.43. The Labute approximate surface area is 128 Å². The standard InChI is InChI=1S/C15H18N4OS/c1-5-11-7-10(9-19(3)4)8-12-13(11)17-15(21-12)18-14(20)16-6-2/h1,7-8H,6,9H2,2-4H3,(H2,16,17,18,20). The number of terminal acetylenes is 1.